The lowest BCUT2D eigenvalue weighted by atomic mass is 9.92. The number of ether oxygens (including phenoxy) is 1. The molecule has 2 aliphatic heterocycles. The van der Waals surface area contributed by atoms with Crippen LogP contribution >= 0.6 is 0 Å². The number of anilines is 1. The maximum absolute atomic E-state index is 15.5. The van der Waals surface area contributed by atoms with Crippen molar-refractivity contribution in [2.45, 2.75) is 63.6 Å². The number of halogens is 1. The fourth-order valence-corrected chi connectivity index (χ4v) is 5.10. The van der Waals surface area contributed by atoms with Crippen molar-refractivity contribution in [2.24, 2.45) is 11.5 Å². The first-order chi connectivity index (χ1) is 17.0. The normalized spacial score (nSPS) is 19.7. The number of piperidine rings is 1. The molecule has 10 nitrogen and oxygen atoms in total. The van der Waals surface area contributed by atoms with Crippen molar-refractivity contribution >= 4 is 34.3 Å². The van der Waals surface area contributed by atoms with E-state index in [2.05, 4.69) is 0 Å². The molecule has 1 aromatic carbocycles. The number of carboxylic acids is 1. The second-order valence-electron chi connectivity index (χ2n) is 9.81. The minimum Gasteiger partial charge on any atom is -0.477 e. The van der Waals surface area contributed by atoms with Crippen LogP contribution in [-0.2, 0) is 20.7 Å². The largest absolute Gasteiger partial charge is 0.477 e. The molecule has 36 heavy (non-hydrogen) atoms. The summed E-state index contributed by atoms with van der Waals surface area (Å²) >= 11 is 0. The highest BCUT2D eigenvalue weighted by molar-refractivity contribution is 6.07. The molecule has 0 radical (unpaired) electrons. The summed E-state index contributed by atoms with van der Waals surface area (Å²) in [5.41, 5.74) is 10.1. The fourth-order valence-electron chi connectivity index (χ4n) is 5.10. The number of aryl methyl sites for hydroxylation is 1. The zero-order valence-corrected chi connectivity index (χ0v) is 20.4. The number of carboxylic acid groups (broad SMARTS) is 1. The second-order valence-corrected chi connectivity index (χ2v) is 9.81. The highest BCUT2D eigenvalue weighted by Crippen LogP contribution is 2.39. The van der Waals surface area contributed by atoms with Crippen LogP contribution in [0.5, 0.6) is 0 Å². The Kier molecular flexibility index (Phi) is 6.89. The van der Waals surface area contributed by atoms with E-state index < -0.39 is 40.6 Å². The van der Waals surface area contributed by atoms with Gasteiger partial charge in [-0.2, -0.15) is 0 Å². The maximum Gasteiger partial charge on any atom is 0.341 e. The van der Waals surface area contributed by atoms with E-state index in [1.165, 1.54) is 13.1 Å². The van der Waals surface area contributed by atoms with E-state index in [0.29, 0.717) is 55.5 Å². The molecule has 11 heteroatoms. The van der Waals surface area contributed by atoms with Crippen LogP contribution in [0.25, 0.3) is 10.9 Å². The Bertz CT molecular complexity index is 1300. The van der Waals surface area contributed by atoms with Crippen LogP contribution in [0.2, 0.25) is 0 Å². The third-order valence-electron chi connectivity index (χ3n) is 7.26. The Morgan fingerprint density at radius 2 is 1.92 bits per heavy atom. The van der Waals surface area contributed by atoms with Crippen molar-refractivity contribution in [2.75, 3.05) is 24.5 Å². The number of hydrogen-bond acceptors (Lipinski definition) is 8. The molecule has 3 heterocycles. The second kappa shape index (κ2) is 9.62. The van der Waals surface area contributed by atoms with E-state index in [4.69, 9.17) is 16.2 Å². The van der Waals surface area contributed by atoms with E-state index in [-0.39, 0.29) is 30.0 Å². The van der Waals surface area contributed by atoms with Crippen molar-refractivity contribution in [1.29, 1.82) is 0 Å². The zero-order chi connectivity index (χ0) is 26.4. The minimum atomic E-state index is -1.78. The third kappa shape index (κ3) is 4.37. The van der Waals surface area contributed by atoms with Gasteiger partial charge in [0.1, 0.15) is 17.5 Å². The number of rotatable bonds is 7. The van der Waals surface area contributed by atoms with E-state index in [0.717, 1.165) is 6.07 Å². The first-order valence-electron chi connectivity index (χ1n) is 12.1. The molecule has 0 spiro atoms. The zero-order valence-electron chi connectivity index (χ0n) is 20.4. The van der Waals surface area contributed by atoms with E-state index in [9.17, 15) is 24.3 Å². The topological polar surface area (TPSA) is 158 Å². The molecule has 1 saturated heterocycles. The van der Waals surface area contributed by atoms with Gasteiger partial charge in [0.15, 0.2) is 11.3 Å². The average molecular weight is 503 g/mol. The molecule has 0 aliphatic carbocycles. The van der Waals surface area contributed by atoms with Crippen molar-refractivity contribution in [1.82, 2.24) is 4.57 Å². The van der Waals surface area contributed by atoms with Gasteiger partial charge >= 0.3 is 11.9 Å². The monoisotopic (exact) mass is 502 g/mol. The van der Waals surface area contributed by atoms with Gasteiger partial charge in [-0.05, 0) is 39.3 Å². The van der Waals surface area contributed by atoms with Gasteiger partial charge in [0, 0.05) is 55.5 Å². The quantitative estimate of drug-likeness (QED) is 0.377. The molecule has 5 N–H and O–H groups in total. The molecule has 1 aromatic heterocycles. The van der Waals surface area contributed by atoms with Crippen LogP contribution in [0.4, 0.5) is 10.1 Å². The van der Waals surface area contributed by atoms with Crippen molar-refractivity contribution in [3.63, 3.8) is 0 Å². The number of aromatic nitrogens is 1. The van der Waals surface area contributed by atoms with Crippen LogP contribution in [0, 0.1) is 5.82 Å². The number of benzene rings is 1. The molecule has 0 bridgehead atoms. The summed E-state index contributed by atoms with van der Waals surface area (Å²) in [5, 5.41) is 9.52. The first kappa shape index (κ1) is 25.8. The van der Waals surface area contributed by atoms with Gasteiger partial charge in [-0.15, -0.1) is 0 Å². The standard InChI is InChI=1S/C25H31FN4O6/c1-13-3-4-15-20-16(22(32)17(23(33)34)12-30(13)20)11-18(26)21(15)29-9-6-14(7-10-29)36-24(35)25(2,28)19(31)5-8-27/h11-14H,3-10,27-28H2,1-2H3,(H,33,34)/t13-,25-/m0/s1. The molecule has 2 aromatic rings. The highest BCUT2D eigenvalue weighted by Gasteiger charge is 2.39. The van der Waals surface area contributed by atoms with Gasteiger partial charge in [0.25, 0.3) is 0 Å². The predicted molar refractivity (Wildman–Crippen MR) is 131 cm³/mol. The summed E-state index contributed by atoms with van der Waals surface area (Å²) in [6.45, 7) is 4.11. The van der Waals surface area contributed by atoms with Gasteiger partial charge < -0.3 is 30.8 Å². The van der Waals surface area contributed by atoms with Crippen LogP contribution in [0.15, 0.2) is 17.1 Å². The first-order valence-corrected chi connectivity index (χ1v) is 12.1. The molecule has 2 atom stereocenters. The Balaban J connectivity index is 1.60. The fraction of sp³-hybridized carbons (Fsp3) is 0.520. The molecule has 0 saturated carbocycles. The van der Waals surface area contributed by atoms with Crippen molar-refractivity contribution in [3.05, 3.63) is 39.4 Å². The molecular formula is C25H31FN4O6. The Morgan fingerprint density at radius 1 is 1.25 bits per heavy atom. The number of Topliss-reactive ketones (excluding diaryl/α,β-unsaturated/α-hetero) is 1. The Hall–Kier alpha value is -3.31. The smallest absolute Gasteiger partial charge is 0.341 e. The summed E-state index contributed by atoms with van der Waals surface area (Å²) < 4.78 is 22.7. The van der Waals surface area contributed by atoms with Gasteiger partial charge in [-0.25, -0.2) is 14.0 Å². The highest BCUT2D eigenvalue weighted by atomic mass is 19.1. The summed E-state index contributed by atoms with van der Waals surface area (Å²) in [6.07, 6.45) is 2.88. The Morgan fingerprint density at radius 3 is 2.53 bits per heavy atom. The SMILES string of the molecule is C[C@H]1CCc2c(N3CCC(OC(=O)[C@@](C)(N)C(=O)CCN)CC3)c(F)cc3c(=O)c(C(=O)O)cn1c23. The van der Waals surface area contributed by atoms with E-state index in [1.54, 1.807) is 4.57 Å². The number of ketones is 1. The van der Waals surface area contributed by atoms with E-state index >= 15 is 4.39 Å². The van der Waals surface area contributed by atoms with Crippen LogP contribution < -0.4 is 21.8 Å². The van der Waals surface area contributed by atoms with Crippen LogP contribution in [0.1, 0.15) is 61.5 Å². The average Bonchev–Trinajstić information content (AvgIpc) is 2.83. The van der Waals surface area contributed by atoms with Gasteiger partial charge in [-0.3, -0.25) is 9.59 Å². The summed E-state index contributed by atoms with van der Waals surface area (Å²) in [7, 11) is 0. The third-order valence-corrected chi connectivity index (χ3v) is 7.26. The number of carbonyl (C=O) groups excluding carboxylic acids is 2. The number of nitrogens with zero attached hydrogens (tertiary/aromatic N) is 2. The van der Waals surface area contributed by atoms with Crippen molar-refractivity contribution in [3.8, 4) is 0 Å². The number of nitrogens with two attached hydrogens (primary N) is 2. The molecule has 0 amide bonds. The maximum atomic E-state index is 15.5. The predicted octanol–water partition coefficient (Wildman–Crippen LogP) is 1.49. The van der Waals surface area contributed by atoms with Crippen molar-refractivity contribution < 1.29 is 28.6 Å². The molecule has 194 valence electrons. The summed E-state index contributed by atoms with van der Waals surface area (Å²) in [5.74, 6) is -3.23. The Labute approximate surface area is 207 Å². The number of hydrogen-bond donors (Lipinski definition) is 3. The minimum absolute atomic E-state index is 0.0256. The molecular weight excluding hydrogens is 471 g/mol. The van der Waals surface area contributed by atoms with E-state index in [1.807, 2.05) is 11.8 Å². The number of carbonyl (C=O) groups is 3. The number of esters is 1. The van der Waals surface area contributed by atoms with Gasteiger partial charge in [0.05, 0.1) is 11.2 Å². The lowest BCUT2D eigenvalue weighted by Crippen LogP contribution is -2.55. The lowest BCUT2D eigenvalue weighted by molar-refractivity contribution is -0.158. The van der Waals surface area contributed by atoms with Gasteiger partial charge in [0.2, 0.25) is 5.43 Å². The number of aromatic carboxylic acids is 1. The van der Waals surface area contributed by atoms with Crippen LogP contribution in [0.3, 0.4) is 0 Å². The lowest BCUT2D eigenvalue weighted by Gasteiger charge is -2.37. The van der Waals surface area contributed by atoms with Crippen LogP contribution in [-0.4, -0.2) is 58.7 Å². The van der Waals surface area contributed by atoms with Gasteiger partial charge in [-0.1, -0.05) is 0 Å². The summed E-state index contributed by atoms with van der Waals surface area (Å²) in [4.78, 5) is 50.9. The molecule has 1 fully saturated rings. The molecule has 0 unspecified atom stereocenters. The number of pyridine rings is 1. The summed E-state index contributed by atoms with van der Waals surface area (Å²) in [6, 6.07) is 1.08. The molecule has 2 aliphatic rings. The molecule has 4 rings (SSSR count).